The number of benzene rings is 1. The maximum Gasteiger partial charge on any atom is 0.414 e. The molecule has 1 fully saturated rings. The van der Waals surface area contributed by atoms with Crippen LogP contribution in [0.4, 0.5) is 10.5 Å². The topological polar surface area (TPSA) is 76.5 Å². The molecule has 0 saturated carbocycles. The average Bonchev–Trinajstić information content (AvgIpc) is 3.29. The minimum absolute atomic E-state index is 0.135. The minimum atomic E-state index is -0.384. The molecule has 1 aromatic heterocycles. The highest BCUT2D eigenvalue weighted by molar-refractivity contribution is 5.90. The molecule has 1 atom stereocenters. The van der Waals surface area contributed by atoms with E-state index in [0.29, 0.717) is 13.1 Å². The van der Waals surface area contributed by atoms with Crippen molar-refractivity contribution < 1.29 is 14.3 Å². The van der Waals surface area contributed by atoms with Gasteiger partial charge in [0.25, 0.3) is 0 Å². The lowest BCUT2D eigenvalue weighted by Gasteiger charge is -2.14. The Hall–Kier alpha value is -3.09. The number of carbonyl (C=O) groups is 2. The number of nitrogens with one attached hydrogen (secondary N) is 1. The van der Waals surface area contributed by atoms with Crippen LogP contribution in [0, 0.1) is 6.92 Å². The largest absolute Gasteiger partial charge is 0.442 e. The summed E-state index contributed by atoms with van der Waals surface area (Å²) in [5, 5.41) is 2.68. The number of anilines is 1. The first kappa shape index (κ1) is 16.4. The van der Waals surface area contributed by atoms with Crippen molar-refractivity contribution in [3.63, 3.8) is 0 Å². The van der Waals surface area contributed by atoms with E-state index >= 15 is 0 Å². The molecule has 26 heavy (non-hydrogen) atoms. The number of amides is 2. The van der Waals surface area contributed by atoms with Crippen molar-refractivity contribution in [1.29, 1.82) is 0 Å². The van der Waals surface area contributed by atoms with Crippen LogP contribution in [0.15, 0.2) is 30.5 Å². The van der Waals surface area contributed by atoms with E-state index in [1.165, 1.54) is 12.5 Å². The number of ether oxygens (including phenoxy) is 1. The summed E-state index contributed by atoms with van der Waals surface area (Å²) in [5.41, 5.74) is 4.26. The van der Waals surface area contributed by atoms with Gasteiger partial charge in [-0.25, -0.2) is 9.78 Å². The van der Waals surface area contributed by atoms with Gasteiger partial charge < -0.3 is 14.6 Å². The Morgan fingerprint density at radius 1 is 1.35 bits per heavy atom. The summed E-state index contributed by atoms with van der Waals surface area (Å²) in [6.07, 6.45) is 3.31. The van der Waals surface area contributed by atoms with Gasteiger partial charge in [-0.2, -0.15) is 0 Å². The summed E-state index contributed by atoms with van der Waals surface area (Å²) >= 11 is 0. The van der Waals surface area contributed by atoms with Crippen LogP contribution in [0.2, 0.25) is 0 Å². The van der Waals surface area contributed by atoms with Gasteiger partial charge in [0.15, 0.2) is 0 Å². The first-order chi connectivity index (χ1) is 12.5. The zero-order valence-electron chi connectivity index (χ0n) is 14.7. The number of cyclic esters (lactones) is 1. The van der Waals surface area contributed by atoms with Gasteiger partial charge >= 0.3 is 6.09 Å². The Balaban J connectivity index is 1.45. The Morgan fingerprint density at radius 2 is 2.12 bits per heavy atom. The smallest absolute Gasteiger partial charge is 0.414 e. The number of imidazole rings is 1. The number of aromatic nitrogens is 2. The second kappa shape index (κ2) is 6.33. The molecule has 2 aromatic rings. The number of fused-ring (bicyclic) bond motifs is 1. The number of hydrogen-bond donors (Lipinski definition) is 1. The van der Waals surface area contributed by atoms with Gasteiger partial charge in [0.05, 0.1) is 25.0 Å². The van der Waals surface area contributed by atoms with Gasteiger partial charge in [-0.05, 0) is 36.3 Å². The zero-order valence-corrected chi connectivity index (χ0v) is 14.7. The molecule has 2 amide bonds. The summed E-state index contributed by atoms with van der Waals surface area (Å²) < 4.78 is 7.48. The molecule has 2 aliphatic heterocycles. The number of nitrogens with zero attached hydrogens (tertiary/aromatic N) is 3. The SMILES string of the molecule is CC(=O)NC[C@H]1CN(c2ccc(C3=Cc4cnc(C)n4C3)cc2)C(=O)O1. The summed E-state index contributed by atoms with van der Waals surface area (Å²) in [4.78, 5) is 29.0. The fraction of sp³-hybridized carbons (Fsp3) is 0.316. The van der Waals surface area contributed by atoms with Gasteiger partial charge in [-0.3, -0.25) is 9.69 Å². The van der Waals surface area contributed by atoms with Gasteiger partial charge in [0.2, 0.25) is 5.91 Å². The molecule has 0 radical (unpaired) electrons. The molecule has 0 bridgehead atoms. The molecule has 1 aromatic carbocycles. The predicted octanol–water partition coefficient (Wildman–Crippen LogP) is 2.21. The molecule has 7 nitrogen and oxygen atoms in total. The van der Waals surface area contributed by atoms with Crippen molar-refractivity contribution in [1.82, 2.24) is 14.9 Å². The average molecular weight is 352 g/mol. The fourth-order valence-electron chi connectivity index (χ4n) is 3.33. The molecule has 0 spiro atoms. The Morgan fingerprint density at radius 3 is 2.81 bits per heavy atom. The molecule has 134 valence electrons. The van der Waals surface area contributed by atoms with Gasteiger partial charge in [-0.1, -0.05) is 12.1 Å². The molecule has 1 N–H and O–H groups in total. The first-order valence-electron chi connectivity index (χ1n) is 8.57. The summed E-state index contributed by atoms with van der Waals surface area (Å²) in [5.74, 6) is 0.873. The normalized spacial score (nSPS) is 18.5. The van der Waals surface area contributed by atoms with E-state index in [9.17, 15) is 9.59 Å². The van der Waals surface area contributed by atoms with Crippen LogP contribution in [0.5, 0.6) is 0 Å². The van der Waals surface area contributed by atoms with Crippen LogP contribution >= 0.6 is 0 Å². The van der Waals surface area contributed by atoms with Crippen molar-refractivity contribution in [2.75, 3.05) is 18.0 Å². The molecule has 0 unspecified atom stereocenters. The Bertz CT molecular complexity index is 898. The molecule has 2 aliphatic rings. The van der Waals surface area contributed by atoms with Crippen molar-refractivity contribution in [3.05, 3.63) is 47.5 Å². The number of aryl methyl sites for hydroxylation is 1. The molecule has 0 aliphatic carbocycles. The van der Waals surface area contributed by atoms with Crippen molar-refractivity contribution in [2.24, 2.45) is 0 Å². The summed E-state index contributed by atoms with van der Waals surface area (Å²) in [6.45, 7) is 5.01. The van der Waals surface area contributed by atoms with E-state index in [0.717, 1.165) is 29.3 Å². The maximum atomic E-state index is 12.1. The van der Waals surface area contributed by atoms with E-state index in [4.69, 9.17) is 4.74 Å². The van der Waals surface area contributed by atoms with Crippen molar-refractivity contribution in [3.8, 4) is 0 Å². The van der Waals surface area contributed by atoms with Crippen molar-refractivity contribution in [2.45, 2.75) is 26.5 Å². The second-order valence-electron chi connectivity index (χ2n) is 6.59. The van der Waals surface area contributed by atoms with Gasteiger partial charge in [0.1, 0.15) is 11.9 Å². The monoisotopic (exact) mass is 352 g/mol. The lowest BCUT2D eigenvalue weighted by atomic mass is 10.1. The molecule has 7 heteroatoms. The van der Waals surface area contributed by atoms with Crippen molar-refractivity contribution >= 4 is 29.3 Å². The van der Waals surface area contributed by atoms with E-state index < -0.39 is 0 Å². The molecular formula is C19H20N4O3. The summed E-state index contributed by atoms with van der Waals surface area (Å²) in [6, 6.07) is 7.89. The maximum absolute atomic E-state index is 12.1. The highest BCUT2D eigenvalue weighted by Gasteiger charge is 2.32. The lowest BCUT2D eigenvalue weighted by Crippen LogP contribution is -2.33. The third kappa shape index (κ3) is 2.96. The zero-order chi connectivity index (χ0) is 18.3. The fourth-order valence-corrected chi connectivity index (χ4v) is 3.33. The second-order valence-corrected chi connectivity index (χ2v) is 6.59. The van der Waals surface area contributed by atoms with E-state index in [-0.39, 0.29) is 18.1 Å². The predicted molar refractivity (Wildman–Crippen MR) is 97.6 cm³/mol. The number of hydrogen-bond acceptors (Lipinski definition) is 4. The standard InChI is InChI=1S/C19H20N4O3/c1-12-20-8-17-7-15(10-22(12)17)14-3-5-16(6-4-14)23-11-18(26-19(23)25)9-21-13(2)24/h3-8,18H,9-11H2,1-2H3,(H,21,24)/t18-/m0/s1. The first-order valence-corrected chi connectivity index (χ1v) is 8.57. The van der Waals surface area contributed by atoms with Crippen LogP contribution in [0.25, 0.3) is 11.6 Å². The van der Waals surface area contributed by atoms with E-state index in [1.54, 1.807) is 4.90 Å². The summed E-state index contributed by atoms with van der Waals surface area (Å²) in [7, 11) is 0. The van der Waals surface area contributed by atoms with Crippen LogP contribution in [0.3, 0.4) is 0 Å². The number of rotatable bonds is 4. The lowest BCUT2D eigenvalue weighted by molar-refractivity contribution is -0.119. The molecular weight excluding hydrogens is 332 g/mol. The van der Waals surface area contributed by atoms with Crippen LogP contribution < -0.4 is 10.2 Å². The van der Waals surface area contributed by atoms with E-state index in [2.05, 4.69) is 20.9 Å². The Labute approximate surface area is 151 Å². The minimum Gasteiger partial charge on any atom is -0.442 e. The number of carbonyl (C=O) groups excluding carboxylic acids is 2. The third-order valence-electron chi connectivity index (χ3n) is 4.74. The molecule has 1 saturated heterocycles. The highest BCUT2D eigenvalue weighted by Crippen LogP contribution is 2.30. The van der Waals surface area contributed by atoms with Gasteiger partial charge in [0, 0.05) is 19.2 Å². The number of allylic oxidation sites excluding steroid dienone is 1. The van der Waals surface area contributed by atoms with Gasteiger partial charge in [-0.15, -0.1) is 0 Å². The van der Waals surface area contributed by atoms with Crippen LogP contribution in [0.1, 0.15) is 24.0 Å². The highest BCUT2D eigenvalue weighted by atomic mass is 16.6. The molecule has 3 heterocycles. The quantitative estimate of drug-likeness (QED) is 0.915. The Kier molecular flexibility index (Phi) is 3.99. The van der Waals surface area contributed by atoms with Crippen LogP contribution in [-0.4, -0.2) is 40.7 Å². The third-order valence-corrected chi connectivity index (χ3v) is 4.74. The molecule has 4 rings (SSSR count). The van der Waals surface area contributed by atoms with Crippen LogP contribution in [-0.2, 0) is 16.1 Å². The van der Waals surface area contributed by atoms with E-state index in [1.807, 2.05) is 37.4 Å².